The van der Waals surface area contributed by atoms with Gasteiger partial charge in [-0.25, -0.2) is 8.78 Å². The van der Waals surface area contributed by atoms with Crippen molar-refractivity contribution in [2.24, 2.45) is 0 Å². The molecule has 0 saturated heterocycles. The van der Waals surface area contributed by atoms with E-state index in [9.17, 15) is 23.9 Å². The van der Waals surface area contributed by atoms with Crippen molar-refractivity contribution in [1.29, 1.82) is 5.26 Å². The second kappa shape index (κ2) is 10.5. The van der Waals surface area contributed by atoms with Crippen LogP contribution in [0.15, 0.2) is 85.2 Å². The van der Waals surface area contributed by atoms with E-state index in [4.69, 9.17) is 0 Å². The molecular weight excluding hydrogens is 486 g/mol. The van der Waals surface area contributed by atoms with Crippen molar-refractivity contribution < 1.29 is 18.7 Å². The van der Waals surface area contributed by atoms with Crippen molar-refractivity contribution >= 4 is 16.8 Å². The molecule has 0 aliphatic rings. The molecule has 2 aromatic heterocycles. The second-order valence-electron chi connectivity index (χ2n) is 8.91. The van der Waals surface area contributed by atoms with Gasteiger partial charge in [0.25, 0.3) is 0 Å². The molecule has 0 aliphatic carbocycles. The number of carbonyl (C=O) groups excluding carboxylic acids is 1. The summed E-state index contributed by atoms with van der Waals surface area (Å²) in [6, 6.07) is 20.8. The van der Waals surface area contributed by atoms with Crippen molar-refractivity contribution in [2.45, 2.75) is 12.3 Å². The number of nitriles is 1. The maximum absolute atomic E-state index is 14.3. The minimum absolute atomic E-state index is 0.0251. The summed E-state index contributed by atoms with van der Waals surface area (Å²) in [5, 5.41) is 22.8. The van der Waals surface area contributed by atoms with Gasteiger partial charge in [0.15, 0.2) is 0 Å². The number of carbonyl (C=O) groups is 1. The van der Waals surface area contributed by atoms with Gasteiger partial charge in [-0.1, -0.05) is 18.2 Å². The smallest absolute Gasteiger partial charge is 0.224 e. The largest absolute Gasteiger partial charge is 0.508 e. The van der Waals surface area contributed by atoms with Gasteiger partial charge in [-0.15, -0.1) is 0 Å². The van der Waals surface area contributed by atoms with Crippen LogP contribution in [0.4, 0.5) is 8.78 Å². The number of fused-ring (bicyclic) bond motifs is 1. The number of aromatic hydroxyl groups is 1. The topological polar surface area (TPSA) is 102 Å². The first kappa shape index (κ1) is 24.7. The van der Waals surface area contributed by atoms with Crippen molar-refractivity contribution in [1.82, 2.24) is 15.3 Å². The van der Waals surface area contributed by atoms with Crippen LogP contribution in [-0.2, 0) is 11.2 Å². The van der Waals surface area contributed by atoms with Crippen LogP contribution in [0.2, 0.25) is 0 Å². The average Bonchev–Trinajstić information content (AvgIpc) is 3.30. The molecule has 0 fully saturated rings. The maximum Gasteiger partial charge on any atom is 0.224 e. The molecular formula is C30H22F2N4O2. The summed E-state index contributed by atoms with van der Waals surface area (Å²) >= 11 is 0. The first-order valence-electron chi connectivity index (χ1n) is 11.9. The lowest BCUT2D eigenvalue weighted by molar-refractivity contribution is -0.120. The molecule has 38 heavy (non-hydrogen) atoms. The zero-order chi connectivity index (χ0) is 26.6. The van der Waals surface area contributed by atoms with E-state index in [1.807, 2.05) is 12.1 Å². The van der Waals surface area contributed by atoms with Crippen LogP contribution < -0.4 is 5.32 Å². The molecule has 188 valence electrons. The van der Waals surface area contributed by atoms with Gasteiger partial charge >= 0.3 is 0 Å². The number of phenolic OH excluding ortho intramolecular Hbond substituents is 1. The zero-order valence-corrected chi connectivity index (χ0v) is 20.1. The number of benzene rings is 3. The summed E-state index contributed by atoms with van der Waals surface area (Å²) in [7, 11) is 0. The van der Waals surface area contributed by atoms with Crippen LogP contribution in [-0.4, -0.2) is 27.5 Å². The van der Waals surface area contributed by atoms with Crippen LogP contribution in [0, 0.1) is 23.0 Å². The van der Waals surface area contributed by atoms with Gasteiger partial charge in [0.05, 0.1) is 23.7 Å². The molecule has 0 saturated carbocycles. The summed E-state index contributed by atoms with van der Waals surface area (Å²) < 4.78 is 28.5. The monoisotopic (exact) mass is 508 g/mol. The number of pyridine rings is 1. The number of aromatic nitrogens is 2. The molecule has 3 aromatic carbocycles. The highest BCUT2D eigenvalue weighted by molar-refractivity contribution is 5.89. The van der Waals surface area contributed by atoms with Gasteiger partial charge in [-0.2, -0.15) is 5.26 Å². The molecule has 1 unspecified atom stereocenters. The number of rotatable bonds is 7. The molecule has 3 N–H and O–H groups in total. The standard InChI is InChI=1S/C30H22F2N4O2/c31-22-10-20(11-23(32)13-22)27(30-25(5-2-8-34-30)19-4-1-3-18(9-19)15-33)17-36-29(38)12-21-16-35-28-7-6-24(37)14-26(21)28/h1-11,13-14,16,27,35,37H,12,17H2,(H,36,38). The van der Waals surface area contributed by atoms with Crippen molar-refractivity contribution in [3.8, 4) is 22.9 Å². The Bertz CT molecular complexity index is 1670. The highest BCUT2D eigenvalue weighted by Crippen LogP contribution is 2.33. The Morgan fingerprint density at radius 2 is 1.87 bits per heavy atom. The predicted octanol–water partition coefficient (Wildman–Crippen LogP) is 5.58. The molecule has 0 spiro atoms. The van der Waals surface area contributed by atoms with Crippen molar-refractivity contribution in [2.75, 3.05) is 6.54 Å². The number of phenols is 1. The molecule has 0 radical (unpaired) electrons. The van der Waals surface area contributed by atoms with Crippen LogP contribution in [0.1, 0.15) is 28.3 Å². The number of nitrogens with zero attached hydrogens (tertiary/aromatic N) is 2. The molecule has 5 aromatic rings. The van der Waals surface area contributed by atoms with Crippen LogP contribution in [0.5, 0.6) is 5.75 Å². The molecule has 8 heteroatoms. The average molecular weight is 509 g/mol. The van der Waals surface area contributed by atoms with E-state index in [-0.39, 0.29) is 24.6 Å². The number of hydrogen-bond acceptors (Lipinski definition) is 4. The van der Waals surface area contributed by atoms with E-state index in [2.05, 4.69) is 21.4 Å². The number of nitrogens with one attached hydrogen (secondary N) is 2. The van der Waals surface area contributed by atoms with Gasteiger partial charge in [-0.3, -0.25) is 9.78 Å². The van der Waals surface area contributed by atoms with E-state index in [1.54, 1.807) is 54.9 Å². The first-order chi connectivity index (χ1) is 18.4. The van der Waals surface area contributed by atoms with Gasteiger partial charge in [0.1, 0.15) is 17.4 Å². The minimum Gasteiger partial charge on any atom is -0.508 e. The fraction of sp³-hybridized carbons (Fsp3) is 0.100. The number of hydrogen-bond donors (Lipinski definition) is 3. The zero-order valence-electron chi connectivity index (χ0n) is 20.1. The van der Waals surface area contributed by atoms with Crippen LogP contribution in [0.3, 0.4) is 0 Å². The third-order valence-corrected chi connectivity index (χ3v) is 6.36. The van der Waals surface area contributed by atoms with E-state index in [1.165, 1.54) is 12.1 Å². The summed E-state index contributed by atoms with van der Waals surface area (Å²) in [5.41, 5.74) is 4.18. The highest BCUT2D eigenvalue weighted by atomic mass is 19.1. The lowest BCUT2D eigenvalue weighted by atomic mass is 9.89. The highest BCUT2D eigenvalue weighted by Gasteiger charge is 2.23. The lowest BCUT2D eigenvalue weighted by Crippen LogP contribution is -2.30. The van der Waals surface area contributed by atoms with E-state index in [0.29, 0.717) is 27.9 Å². The molecule has 6 nitrogen and oxygen atoms in total. The van der Waals surface area contributed by atoms with E-state index < -0.39 is 17.6 Å². The fourth-order valence-electron chi connectivity index (χ4n) is 4.61. The van der Waals surface area contributed by atoms with Gasteiger partial charge in [0.2, 0.25) is 5.91 Å². The van der Waals surface area contributed by atoms with Gasteiger partial charge in [0, 0.05) is 47.4 Å². The van der Waals surface area contributed by atoms with Gasteiger partial charge < -0.3 is 15.4 Å². The third kappa shape index (κ3) is 5.22. The summed E-state index contributed by atoms with van der Waals surface area (Å²) in [6.07, 6.45) is 3.32. The summed E-state index contributed by atoms with van der Waals surface area (Å²) in [6.45, 7) is 0.0251. The van der Waals surface area contributed by atoms with Gasteiger partial charge in [-0.05, 0) is 65.2 Å². The molecule has 0 bridgehead atoms. The Labute approximate surface area is 217 Å². The normalized spacial score (nSPS) is 11.7. The Morgan fingerprint density at radius 3 is 2.66 bits per heavy atom. The second-order valence-corrected chi connectivity index (χ2v) is 8.91. The molecule has 2 heterocycles. The predicted molar refractivity (Wildman–Crippen MR) is 139 cm³/mol. The maximum atomic E-state index is 14.3. The van der Waals surface area contributed by atoms with E-state index >= 15 is 0 Å². The van der Waals surface area contributed by atoms with E-state index in [0.717, 1.165) is 22.5 Å². The fourth-order valence-corrected chi connectivity index (χ4v) is 4.61. The number of aromatic amines is 1. The summed E-state index contributed by atoms with van der Waals surface area (Å²) in [5.74, 6) is -2.37. The van der Waals surface area contributed by atoms with Crippen LogP contribution in [0.25, 0.3) is 22.0 Å². The van der Waals surface area contributed by atoms with Crippen molar-refractivity contribution in [3.05, 3.63) is 119 Å². The SMILES string of the molecule is N#Cc1cccc(-c2cccnc2C(CNC(=O)Cc2c[nH]c3ccc(O)cc23)c2cc(F)cc(F)c2)c1. The lowest BCUT2D eigenvalue weighted by Gasteiger charge is -2.21. The Balaban J connectivity index is 1.48. The Kier molecular flexibility index (Phi) is 6.83. The first-order valence-corrected chi connectivity index (χ1v) is 11.9. The van der Waals surface area contributed by atoms with Crippen molar-refractivity contribution in [3.63, 3.8) is 0 Å². The molecule has 5 rings (SSSR count). The molecule has 1 amide bonds. The van der Waals surface area contributed by atoms with Crippen LogP contribution >= 0.6 is 0 Å². The quantitative estimate of drug-likeness (QED) is 0.267. The Hall–Kier alpha value is -5.03. The number of halogens is 2. The minimum atomic E-state index is -0.737. The molecule has 0 aliphatic heterocycles. The third-order valence-electron chi connectivity index (χ3n) is 6.36. The summed E-state index contributed by atoms with van der Waals surface area (Å²) in [4.78, 5) is 20.6. The number of amides is 1. The molecule has 1 atom stereocenters. The number of H-pyrrole nitrogens is 1. The Morgan fingerprint density at radius 1 is 1.05 bits per heavy atom.